The highest BCUT2D eigenvalue weighted by Crippen LogP contribution is 2.29. The van der Waals surface area contributed by atoms with Gasteiger partial charge >= 0.3 is 0 Å². The third-order valence-corrected chi connectivity index (χ3v) is 5.50. The summed E-state index contributed by atoms with van der Waals surface area (Å²) < 4.78 is 11.3. The number of carbonyl (C=O) groups excluding carboxylic acids is 1. The summed E-state index contributed by atoms with van der Waals surface area (Å²) in [5.41, 5.74) is 1.04. The first-order chi connectivity index (χ1) is 14.9. The summed E-state index contributed by atoms with van der Waals surface area (Å²) in [6.07, 6.45) is 2.56. The Balaban J connectivity index is 1.61. The topological polar surface area (TPSA) is 79.8 Å². The number of anilines is 2. The van der Waals surface area contributed by atoms with E-state index in [1.54, 1.807) is 13.3 Å². The molecule has 1 aromatic heterocycles. The summed E-state index contributed by atoms with van der Waals surface area (Å²) in [5, 5.41) is 3.41. The Bertz CT molecular complexity index is 880. The predicted molar refractivity (Wildman–Crippen MR) is 122 cm³/mol. The van der Waals surface area contributed by atoms with Gasteiger partial charge in [-0.2, -0.15) is 4.98 Å². The van der Waals surface area contributed by atoms with E-state index in [1.165, 1.54) is 6.92 Å². The summed E-state index contributed by atoms with van der Waals surface area (Å²) >= 11 is 6.40. The average Bonchev–Trinajstić information content (AvgIpc) is 3.20. The first-order valence-corrected chi connectivity index (χ1v) is 10.8. The van der Waals surface area contributed by atoms with Crippen LogP contribution in [0.15, 0.2) is 30.5 Å². The third-order valence-electron chi connectivity index (χ3n) is 5.23. The number of hydrogen-bond donors (Lipinski definition) is 1. The molecule has 1 aliphatic heterocycles. The molecule has 0 saturated carbocycles. The van der Waals surface area contributed by atoms with E-state index in [2.05, 4.69) is 20.2 Å². The zero-order valence-corrected chi connectivity index (χ0v) is 19.2. The van der Waals surface area contributed by atoms with Gasteiger partial charge in [-0.05, 0) is 24.6 Å². The van der Waals surface area contributed by atoms with Crippen LogP contribution in [-0.2, 0) is 9.53 Å². The molecule has 31 heavy (non-hydrogen) atoms. The van der Waals surface area contributed by atoms with E-state index in [1.807, 2.05) is 43.1 Å². The van der Waals surface area contributed by atoms with E-state index in [0.29, 0.717) is 30.7 Å². The Kier molecular flexibility index (Phi) is 7.92. The molecule has 0 spiro atoms. The summed E-state index contributed by atoms with van der Waals surface area (Å²) in [4.78, 5) is 24.3. The van der Waals surface area contributed by atoms with Crippen molar-refractivity contribution in [2.24, 2.45) is 0 Å². The maximum absolute atomic E-state index is 11.2. The Morgan fingerprint density at radius 3 is 2.81 bits per heavy atom. The Morgan fingerprint density at radius 2 is 2.13 bits per heavy atom. The molecule has 1 fully saturated rings. The van der Waals surface area contributed by atoms with Crippen molar-refractivity contribution in [3.05, 3.63) is 41.0 Å². The van der Waals surface area contributed by atoms with Crippen LogP contribution in [-0.4, -0.2) is 62.4 Å². The highest BCUT2D eigenvalue weighted by Gasteiger charge is 2.27. The number of rotatable bonds is 9. The number of aromatic nitrogens is 2. The molecular formula is C22H30ClN5O3. The Morgan fingerprint density at radius 1 is 1.39 bits per heavy atom. The zero-order chi connectivity index (χ0) is 22.4. The maximum Gasteiger partial charge on any atom is 0.227 e. The van der Waals surface area contributed by atoms with Gasteiger partial charge in [0.15, 0.2) is 5.82 Å². The number of methoxy groups -OCH3 is 1. The highest BCUT2D eigenvalue weighted by molar-refractivity contribution is 6.32. The van der Waals surface area contributed by atoms with Crippen LogP contribution in [0.25, 0.3) is 0 Å². The van der Waals surface area contributed by atoms with Gasteiger partial charge < -0.3 is 24.6 Å². The minimum absolute atomic E-state index is 0.0374. The van der Waals surface area contributed by atoms with Crippen molar-refractivity contribution in [3.63, 3.8) is 0 Å². The van der Waals surface area contributed by atoms with Crippen LogP contribution in [0, 0.1) is 0 Å². The molecule has 9 heteroatoms. The summed E-state index contributed by atoms with van der Waals surface area (Å²) in [6, 6.07) is 7.80. The molecule has 1 saturated heterocycles. The molecule has 0 aliphatic carbocycles. The number of ether oxygens (including phenoxy) is 2. The van der Waals surface area contributed by atoms with Crippen LogP contribution < -0.4 is 19.9 Å². The van der Waals surface area contributed by atoms with E-state index >= 15 is 0 Å². The second-order valence-electron chi connectivity index (χ2n) is 7.72. The average molecular weight is 448 g/mol. The lowest BCUT2D eigenvalue weighted by Crippen LogP contribution is -2.28. The molecule has 0 radical (unpaired) electrons. The van der Waals surface area contributed by atoms with Crippen LogP contribution in [0.4, 0.5) is 11.8 Å². The first-order valence-electron chi connectivity index (χ1n) is 10.4. The second-order valence-corrected chi connectivity index (χ2v) is 8.13. The van der Waals surface area contributed by atoms with Crippen molar-refractivity contribution in [1.82, 2.24) is 15.3 Å². The number of halogens is 1. The fourth-order valence-electron chi connectivity index (χ4n) is 3.52. The number of nitrogens with zero attached hydrogens (tertiary/aromatic N) is 4. The van der Waals surface area contributed by atoms with E-state index in [0.717, 1.165) is 30.1 Å². The number of benzene rings is 1. The highest BCUT2D eigenvalue weighted by atomic mass is 35.5. The Labute approximate surface area is 188 Å². The number of nitrogens with one attached hydrogen (secondary N) is 1. The molecule has 0 unspecified atom stereocenters. The summed E-state index contributed by atoms with van der Waals surface area (Å²) in [6.45, 7) is 6.27. The Hall–Kier alpha value is -2.58. The molecule has 2 atom stereocenters. The van der Waals surface area contributed by atoms with E-state index in [9.17, 15) is 4.79 Å². The van der Waals surface area contributed by atoms with Gasteiger partial charge in [-0.1, -0.05) is 23.7 Å². The number of likely N-dealkylation sites (N-methyl/N-ethyl adjacent to an activating group) is 1. The lowest BCUT2D eigenvalue weighted by molar-refractivity contribution is -0.119. The minimum Gasteiger partial charge on any atom is -0.489 e. The van der Waals surface area contributed by atoms with Gasteiger partial charge in [0.05, 0.1) is 25.4 Å². The number of amides is 1. The molecule has 2 aromatic rings. The quantitative estimate of drug-likeness (QED) is 0.632. The fourth-order valence-corrected chi connectivity index (χ4v) is 3.73. The van der Waals surface area contributed by atoms with Gasteiger partial charge in [-0.3, -0.25) is 4.79 Å². The monoisotopic (exact) mass is 447 g/mol. The van der Waals surface area contributed by atoms with E-state index in [-0.39, 0.29) is 18.1 Å². The lowest BCUT2D eigenvalue weighted by Gasteiger charge is -2.22. The SMILES string of the molecule is COCCN(C)c1ncc(Cl)c(N2CC[C@@H](Oc3ccc([C@H](C)NC(C)=O)cc3)C2)n1. The van der Waals surface area contributed by atoms with Gasteiger partial charge in [0.2, 0.25) is 11.9 Å². The largest absolute Gasteiger partial charge is 0.489 e. The third kappa shape index (κ3) is 6.21. The van der Waals surface area contributed by atoms with Crippen LogP contribution >= 0.6 is 11.6 Å². The minimum atomic E-state index is -0.0460. The first kappa shape index (κ1) is 23.1. The summed E-state index contributed by atoms with van der Waals surface area (Å²) in [7, 11) is 3.60. The van der Waals surface area contributed by atoms with Crippen LogP contribution in [0.1, 0.15) is 31.9 Å². The van der Waals surface area contributed by atoms with E-state index < -0.39 is 0 Å². The van der Waals surface area contributed by atoms with Gasteiger partial charge in [0.25, 0.3) is 0 Å². The lowest BCUT2D eigenvalue weighted by atomic mass is 10.1. The summed E-state index contributed by atoms with van der Waals surface area (Å²) in [5.74, 6) is 2.10. The van der Waals surface area contributed by atoms with Gasteiger partial charge in [-0.15, -0.1) is 0 Å². The fraction of sp³-hybridized carbons (Fsp3) is 0.500. The van der Waals surface area contributed by atoms with Gasteiger partial charge in [0.1, 0.15) is 16.9 Å². The van der Waals surface area contributed by atoms with Crippen molar-refractivity contribution >= 4 is 29.3 Å². The molecular weight excluding hydrogens is 418 g/mol. The second kappa shape index (κ2) is 10.6. The normalized spacial score (nSPS) is 16.8. The maximum atomic E-state index is 11.2. The molecule has 1 aliphatic rings. The van der Waals surface area contributed by atoms with Crippen molar-refractivity contribution in [3.8, 4) is 5.75 Å². The van der Waals surface area contributed by atoms with Crippen molar-refractivity contribution in [2.45, 2.75) is 32.4 Å². The van der Waals surface area contributed by atoms with Crippen LogP contribution in [0.5, 0.6) is 5.75 Å². The van der Waals surface area contributed by atoms with Crippen LogP contribution in [0.3, 0.4) is 0 Å². The van der Waals surface area contributed by atoms with Crippen LogP contribution in [0.2, 0.25) is 5.02 Å². The molecule has 2 heterocycles. The van der Waals surface area contributed by atoms with Crippen molar-refractivity contribution in [2.75, 3.05) is 50.2 Å². The van der Waals surface area contributed by atoms with Gasteiger partial charge in [-0.25, -0.2) is 4.98 Å². The standard InChI is InChI=1S/C22H30ClN5O3/c1-15(25-16(2)29)17-5-7-18(8-6-17)31-19-9-10-28(14-19)21-20(23)13-24-22(26-21)27(3)11-12-30-4/h5-8,13,15,19H,9-12,14H2,1-4H3,(H,25,29)/t15-,19+/m0/s1. The van der Waals surface area contributed by atoms with Crippen molar-refractivity contribution in [1.29, 1.82) is 0 Å². The molecule has 0 bridgehead atoms. The molecule has 1 N–H and O–H groups in total. The molecule has 1 amide bonds. The predicted octanol–water partition coefficient (Wildman–Crippen LogP) is 3.07. The number of hydrogen-bond acceptors (Lipinski definition) is 7. The molecule has 8 nitrogen and oxygen atoms in total. The molecule has 3 rings (SSSR count). The zero-order valence-electron chi connectivity index (χ0n) is 18.5. The molecule has 168 valence electrons. The van der Waals surface area contributed by atoms with E-state index in [4.69, 9.17) is 21.1 Å². The van der Waals surface area contributed by atoms with Gasteiger partial charge in [0, 0.05) is 40.6 Å². The smallest absolute Gasteiger partial charge is 0.227 e. The van der Waals surface area contributed by atoms with Crippen molar-refractivity contribution < 1.29 is 14.3 Å². The number of carbonyl (C=O) groups is 1. The molecule has 1 aromatic carbocycles.